The van der Waals surface area contributed by atoms with E-state index >= 15 is 0 Å². The molecule has 0 aromatic heterocycles. The second-order valence-electron chi connectivity index (χ2n) is 4.77. The molecule has 1 fully saturated rings. The van der Waals surface area contributed by atoms with Gasteiger partial charge in [0.15, 0.2) is 0 Å². The lowest BCUT2D eigenvalue weighted by Crippen LogP contribution is -2.46. The summed E-state index contributed by atoms with van der Waals surface area (Å²) in [5, 5.41) is 15.4. The van der Waals surface area contributed by atoms with Crippen molar-refractivity contribution in [2.24, 2.45) is 0 Å². The molecule has 1 saturated carbocycles. The normalized spacial score (nSPS) is 22.1. The van der Waals surface area contributed by atoms with Crippen molar-refractivity contribution in [3.63, 3.8) is 0 Å². The van der Waals surface area contributed by atoms with E-state index in [1.807, 2.05) is 24.3 Å². The van der Waals surface area contributed by atoms with E-state index in [0.717, 1.165) is 18.7 Å². The van der Waals surface area contributed by atoms with Gasteiger partial charge in [0.05, 0.1) is 11.7 Å². The van der Waals surface area contributed by atoms with Crippen LogP contribution in [0.3, 0.4) is 0 Å². The molecular weight excluding hydrogens is 228 g/mol. The highest BCUT2D eigenvalue weighted by molar-refractivity contribution is 5.99. The number of aliphatic hydroxyl groups excluding tert-OH is 1. The third-order valence-corrected chi connectivity index (χ3v) is 3.19. The molecule has 4 heteroatoms. The number of carbonyl (C=O) groups is 1. The van der Waals surface area contributed by atoms with Crippen LogP contribution in [0, 0.1) is 0 Å². The van der Waals surface area contributed by atoms with E-state index in [1.54, 1.807) is 0 Å². The Bertz CT molecular complexity index is 414. The zero-order chi connectivity index (χ0) is 13.0. The molecule has 98 valence electrons. The Hall–Kier alpha value is -1.55. The van der Waals surface area contributed by atoms with Gasteiger partial charge in [-0.1, -0.05) is 19.1 Å². The summed E-state index contributed by atoms with van der Waals surface area (Å²) in [5.41, 5.74) is 1.55. The number of para-hydroxylation sites is 1. The highest BCUT2D eigenvalue weighted by Crippen LogP contribution is 2.21. The van der Waals surface area contributed by atoms with Gasteiger partial charge in [-0.25, -0.2) is 0 Å². The number of nitrogens with one attached hydrogen (secondary N) is 2. The molecule has 3 N–H and O–H groups in total. The zero-order valence-corrected chi connectivity index (χ0v) is 10.6. The Kier molecular flexibility index (Phi) is 4.20. The van der Waals surface area contributed by atoms with Crippen molar-refractivity contribution in [1.82, 2.24) is 5.32 Å². The fraction of sp³-hybridized carbons (Fsp3) is 0.500. The van der Waals surface area contributed by atoms with Crippen molar-refractivity contribution in [3.05, 3.63) is 29.8 Å². The first-order valence-corrected chi connectivity index (χ1v) is 6.52. The van der Waals surface area contributed by atoms with E-state index in [4.69, 9.17) is 0 Å². The Morgan fingerprint density at radius 3 is 2.78 bits per heavy atom. The smallest absolute Gasteiger partial charge is 0.253 e. The van der Waals surface area contributed by atoms with Gasteiger partial charge in [0, 0.05) is 18.3 Å². The van der Waals surface area contributed by atoms with Gasteiger partial charge < -0.3 is 15.7 Å². The number of hydrogen-bond acceptors (Lipinski definition) is 3. The molecule has 1 aromatic carbocycles. The summed E-state index contributed by atoms with van der Waals surface area (Å²) in [4.78, 5) is 12.1. The number of hydrogen-bond donors (Lipinski definition) is 3. The minimum absolute atomic E-state index is 0.0638. The van der Waals surface area contributed by atoms with Crippen molar-refractivity contribution < 1.29 is 9.90 Å². The van der Waals surface area contributed by atoms with Crippen LogP contribution in [-0.4, -0.2) is 29.7 Å². The van der Waals surface area contributed by atoms with Crippen molar-refractivity contribution in [2.75, 3.05) is 11.9 Å². The summed E-state index contributed by atoms with van der Waals surface area (Å²) in [6.07, 6.45) is 2.10. The van der Waals surface area contributed by atoms with Gasteiger partial charge in [-0.05, 0) is 31.4 Å². The topological polar surface area (TPSA) is 61.4 Å². The molecule has 0 bridgehead atoms. The molecule has 0 saturated heterocycles. The van der Waals surface area contributed by atoms with E-state index in [-0.39, 0.29) is 18.1 Å². The predicted octanol–water partition coefficient (Wildman–Crippen LogP) is 1.76. The Labute approximate surface area is 107 Å². The lowest BCUT2D eigenvalue weighted by atomic mass is 9.89. The Morgan fingerprint density at radius 2 is 2.11 bits per heavy atom. The van der Waals surface area contributed by atoms with Crippen LogP contribution in [0.1, 0.15) is 36.5 Å². The minimum Gasteiger partial charge on any atom is -0.393 e. The van der Waals surface area contributed by atoms with Crippen LogP contribution in [0.4, 0.5) is 5.69 Å². The monoisotopic (exact) mass is 248 g/mol. The van der Waals surface area contributed by atoms with Crippen LogP contribution < -0.4 is 10.6 Å². The van der Waals surface area contributed by atoms with Gasteiger partial charge in [0.25, 0.3) is 5.91 Å². The number of benzene rings is 1. The van der Waals surface area contributed by atoms with Crippen molar-refractivity contribution >= 4 is 11.6 Å². The first-order chi connectivity index (χ1) is 8.70. The maximum Gasteiger partial charge on any atom is 0.253 e. The summed E-state index contributed by atoms with van der Waals surface area (Å²) in [6, 6.07) is 7.64. The largest absolute Gasteiger partial charge is 0.393 e. The maximum absolute atomic E-state index is 12.1. The molecule has 1 amide bonds. The number of rotatable bonds is 5. The van der Waals surface area contributed by atoms with Crippen LogP contribution in [0.15, 0.2) is 24.3 Å². The van der Waals surface area contributed by atoms with E-state index in [9.17, 15) is 9.90 Å². The highest BCUT2D eigenvalue weighted by Gasteiger charge is 2.28. The number of carbonyl (C=O) groups excluding carboxylic acids is 1. The van der Waals surface area contributed by atoms with E-state index in [2.05, 4.69) is 17.6 Å². The molecular formula is C14H20N2O2. The average molecular weight is 248 g/mol. The molecule has 0 atom stereocenters. The maximum atomic E-state index is 12.1. The minimum atomic E-state index is -0.247. The molecule has 0 heterocycles. The van der Waals surface area contributed by atoms with Gasteiger partial charge in [0.1, 0.15) is 0 Å². The fourth-order valence-corrected chi connectivity index (χ4v) is 2.06. The summed E-state index contributed by atoms with van der Waals surface area (Å²) in [7, 11) is 0. The van der Waals surface area contributed by atoms with Gasteiger partial charge in [0.2, 0.25) is 0 Å². The van der Waals surface area contributed by atoms with Crippen molar-refractivity contribution in [3.8, 4) is 0 Å². The SMILES string of the molecule is CCCNc1ccccc1C(=O)NC1CC(O)C1. The molecule has 1 aromatic rings. The standard InChI is InChI=1S/C14H20N2O2/c1-2-7-15-13-6-4-3-5-12(13)14(18)16-10-8-11(17)9-10/h3-6,10-11,15,17H,2,7-9H2,1H3,(H,16,18). The summed E-state index contributed by atoms with van der Waals surface area (Å²) >= 11 is 0. The van der Waals surface area contributed by atoms with Gasteiger partial charge in [-0.3, -0.25) is 4.79 Å². The third kappa shape index (κ3) is 3.01. The lowest BCUT2D eigenvalue weighted by molar-refractivity contribution is 0.0563. The van der Waals surface area contributed by atoms with Gasteiger partial charge >= 0.3 is 0 Å². The molecule has 0 radical (unpaired) electrons. The van der Waals surface area contributed by atoms with Gasteiger partial charge in [-0.2, -0.15) is 0 Å². The van der Waals surface area contributed by atoms with E-state index in [1.165, 1.54) is 0 Å². The Balaban J connectivity index is 2.00. The van der Waals surface area contributed by atoms with Crippen molar-refractivity contribution in [2.45, 2.75) is 38.3 Å². The third-order valence-electron chi connectivity index (χ3n) is 3.19. The van der Waals surface area contributed by atoms with E-state index < -0.39 is 0 Å². The average Bonchev–Trinajstić information content (AvgIpc) is 2.34. The summed E-state index contributed by atoms with van der Waals surface area (Å²) < 4.78 is 0. The molecule has 0 aliphatic heterocycles. The molecule has 0 unspecified atom stereocenters. The molecule has 1 aliphatic carbocycles. The Morgan fingerprint density at radius 1 is 1.39 bits per heavy atom. The first-order valence-electron chi connectivity index (χ1n) is 6.52. The summed E-state index contributed by atoms with van der Waals surface area (Å²) in [5.74, 6) is -0.0638. The zero-order valence-electron chi connectivity index (χ0n) is 10.6. The molecule has 4 nitrogen and oxygen atoms in total. The fourth-order valence-electron chi connectivity index (χ4n) is 2.06. The van der Waals surface area contributed by atoms with Gasteiger partial charge in [-0.15, -0.1) is 0 Å². The second kappa shape index (κ2) is 5.87. The van der Waals surface area contributed by atoms with Crippen LogP contribution >= 0.6 is 0 Å². The van der Waals surface area contributed by atoms with Crippen LogP contribution in [0.5, 0.6) is 0 Å². The van der Waals surface area contributed by atoms with Crippen LogP contribution in [-0.2, 0) is 0 Å². The van der Waals surface area contributed by atoms with Crippen molar-refractivity contribution in [1.29, 1.82) is 0 Å². The number of amides is 1. The van der Waals surface area contributed by atoms with Crippen LogP contribution in [0.2, 0.25) is 0 Å². The molecule has 1 aliphatic rings. The molecule has 2 rings (SSSR count). The predicted molar refractivity (Wildman–Crippen MR) is 71.7 cm³/mol. The lowest BCUT2D eigenvalue weighted by Gasteiger charge is -2.32. The number of anilines is 1. The molecule has 18 heavy (non-hydrogen) atoms. The molecule has 0 spiro atoms. The summed E-state index contributed by atoms with van der Waals surface area (Å²) in [6.45, 7) is 2.94. The van der Waals surface area contributed by atoms with Crippen LogP contribution in [0.25, 0.3) is 0 Å². The number of aliphatic hydroxyl groups is 1. The highest BCUT2D eigenvalue weighted by atomic mass is 16.3. The second-order valence-corrected chi connectivity index (χ2v) is 4.77. The van der Waals surface area contributed by atoms with E-state index in [0.29, 0.717) is 18.4 Å². The quantitative estimate of drug-likeness (QED) is 0.744. The first kappa shape index (κ1) is 12.9.